The lowest BCUT2D eigenvalue weighted by molar-refractivity contribution is -0.154. The van der Waals surface area contributed by atoms with Crippen LogP contribution >= 0.6 is 11.3 Å². The second-order valence-electron chi connectivity index (χ2n) is 4.48. The zero-order valence-corrected chi connectivity index (χ0v) is 11.6. The molecular weight excluding hydrogens is 298 g/mol. The molecule has 0 aliphatic carbocycles. The number of carbonyl (C=O) groups is 2. The highest BCUT2D eigenvalue weighted by Crippen LogP contribution is 2.10. The van der Waals surface area contributed by atoms with Crippen molar-refractivity contribution < 1.29 is 19.4 Å². The van der Waals surface area contributed by atoms with Gasteiger partial charge in [0.1, 0.15) is 5.56 Å². The first-order valence-corrected chi connectivity index (χ1v) is 7.04. The number of aromatic nitrogens is 2. The number of rotatable bonds is 2. The van der Waals surface area contributed by atoms with Crippen molar-refractivity contribution in [3.05, 3.63) is 33.7 Å². The number of aliphatic carboxylic acids is 1. The smallest absolute Gasteiger partial charge is 0.334 e. The Labute approximate surface area is 122 Å². The topological polar surface area (TPSA) is 101 Å². The highest BCUT2D eigenvalue weighted by atomic mass is 32.1. The molecule has 9 heteroatoms. The van der Waals surface area contributed by atoms with Crippen LogP contribution in [0.3, 0.4) is 0 Å². The molecular formula is C12H11N3O5S. The Morgan fingerprint density at radius 3 is 3.05 bits per heavy atom. The fourth-order valence-corrected chi connectivity index (χ4v) is 2.80. The summed E-state index contributed by atoms with van der Waals surface area (Å²) in [5.74, 6) is -1.65. The van der Waals surface area contributed by atoms with Crippen LogP contribution in [0.15, 0.2) is 22.6 Å². The number of carboxylic acids is 1. The van der Waals surface area contributed by atoms with Gasteiger partial charge in [-0.05, 0) is 0 Å². The molecule has 1 unspecified atom stereocenters. The number of nitrogens with zero attached hydrogens (tertiary/aromatic N) is 3. The normalized spacial score (nSPS) is 18.9. The Balaban J connectivity index is 1.91. The molecule has 1 N–H and O–H groups in total. The van der Waals surface area contributed by atoms with Crippen molar-refractivity contribution in [3.8, 4) is 0 Å². The molecule has 1 atom stereocenters. The first kappa shape index (κ1) is 13.7. The van der Waals surface area contributed by atoms with Crippen LogP contribution < -0.4 is 5.56 Å². The highest BCUT2D eigenvalue weighted by molar-refractivity contribution is 7.15. The summed E-state index contributed by atoms with van der Waals surface area (Å²) in [5, 5.41) is 10.6. The molecule has 2 aromatic heterocycles. The third-order valence-corrected chi connectivity index (χ3v) is 3.97. The minimum absolute atomic E-state index is 0.0723. The van der Waals surface area contributed by atoms with Gasteiger partial charge in [0, 0.05) is 24.3 Å². The van der Waals surface area contributed by atoms with Gasteiger partial charge in [-0.3, -0.25) is 14.0 Å². The quantitative estimate of drug-likeness (QED) is 0.816. The molecule has 0 bridgehead atoms. The number of carboxylic acid groups (broad SMARTS) is 1. The van der Waals surface area contributed by atoms with Crippen molar-refractivity contribution in [1.82, 2.24) is 14.3 Å². The van der Waals surface area contributed by atoms with E-state index in [-0.39, 0.29) is 25.3 Å². The summed E-state index contributed by atoms with van der Waals surface area (Å²) < 4.78 is 6.35. The van der Waals surface area contributed by atoms with E-state index in [0.29, 0.717) is 4.96 Å². The number of fused-ring (bicyclic) bond motifs is 1. The largest absolute Gasteiger partial charge is 0.479 e. The summed E-state index contributed by atoms with van der Waals surface area (Å²) in [5.41, 5.74) is -0.526. The molecule has 1 amide bonds. The molecule has 2 aromatic rings. The van der Waals surface area contributed by atoms with Gasteiger partial charge in [0.15, 0.2) is 11.1 Å². The fraction of sp³-hybridized carbons (Fsp3) is 0.333. The van der Waals surface area contributed by atoms with Crippen molar-refractivity contribution in [3.63, 3.8) is 0 Å². The Hall–Kier alpha value is -2.26. The molecule has 1 fully saturated rings. The van der Waals surface area contributed by atoms with E-state index >= 15 is 0 Å². The average molecular weight is 309 g/mol. The van der Waals surface area contributed by atoms with Crippen molar-refractivity contribution in [2.45, 2.75) is 6.10 Å². The number of ether oxygens (including phenoxy) is 1. The summed E-state index contributed by atoms with van der Waals surface area (Å²) in [6.07, 6.45) is 1.72. The number of carbonyl (C=O) groups excluding carboxylic acids is 1. The lowest BCUT2D eigenvalue weighted by atomic mass is 10.2. The molecule has 0 spiro atoms. The molecule has 0 radical (unpaired) electrons. The second kappa shape index (κ2) is 5.26. The SMILES string of the molecule is O=C(O)C1CN(C(=O)c2cnc3sccn3c2=O)CCO1. The third kappa shape index (κ3) is 2.41. The maximum absolute atomic E-state index is 12.4. The summed E-state index contributed by atoms with van der Waals surface area (Å²) in [7, 11) is 0. The van der Waals surface area contributed by atoms with E-state index in [1.54, 1.807) is 11.6 Å². The third-order valence-electron chi connectivity index (χ3n) is 3.20. The number of thiazole rings is 1. The van der Waals surface area contributed by atoms with Gasteiger partial charge in [0.2, 0.25) is 0 Å². The van der Waals surface area contributed by atoms with Gasteiger partial charge in [-0.25, -0.2) is 9.78 Å². The van der Waals surface area contributed by atoms with Crippen molar-refractivity contribution in [2.75, 3.05) is 19.7 Å². The van der Waals surface area contributed by atoms with E-state index in [9.17, 15) is 14.4 Å². The molecule has 0 saturated carbocycles. The van der Waals surface area contributed by atoms with Crippen LogP contribution in [-0.2, 0) is 9.53 Å². The van der Waals surface area contributed by atoms with Crippen LogP contribution in [0.5, 0.6) is 0 Å². The van der Waals surface area contributed by atoms with Gasteiger partial charge in [0.25, 0.3) is 11.5 Å². The Morgan fingerprint density at radius 2 is 2.29 bits per heavy atom. The van der Waals surface area contributed by atoms with E-state index in [1.165, 1.54) is 26.8 Å². The molecule has 3 rings (SSSR count). The van der Waals surface area contributed by atoms with Gasteiger partial charge in [-0.1, -0.05) is 0 Å². The van der Waals surface area contributed by atoms with Gasteiger partial charge in [-0.2, -0.15) is 0 Å². The Morgan fingerprint density at radius 1 is 1.48 bits per heavy atom. The molecule has 110 valence electrons. The maximum atomic E-state index is 12.4. The maximum Gasteiger partial charge on any atom is 0.334 e. The Bertz CT molecular complexity index is 768. The fourth-order valence-electron chi connectivity index (χ4n) is 2.12. The van der Waals surface area contributed by atoms with Gasteiger partial charge >= 0.3 is 5.97 Å². The molecule has 21 heavy (non-hydrogen) atoms. The van der Waals surface area contributed by atoms with Gasteiger partial charge < -0.3 is 14.7 Å². The lowest BCUT2D eigenvalue weighted by Gasteiger charge is -2.30. The van der Waals surface area contributed by atoms with E-state index < -0.39 is 23.5 Å². The number of hydrogen-bond donors (Lipinski definition) is 1. The zero-order chi connectivity index (χ0) is 15.0. The number of morpholine rings is 1. The monoisotopic (exact) mass is 309 g/mol. The minimum Gasteiger partial charge on any atom is -0.479 e. The highest BCUT2D eigenvalue weighted by Gasteiger charge is 2.30. The van der Waals surface area contributed by atoms with Crippen LogP contribution in [0, 0.1) is 0 Å². The predicted octanol–water partition coefficient (Wildman–Crippen LogP) is -0.318. The summed E-state index contributed by atoms with van der Waals surface area (Å²) >= 11 is 1.29. The minimum atomic E-state index is -1.13. The molecule has 1 aliphatic heterocycles. The van der Waals surface area contributed by atoms with Crippen LogP contribution in [0.4, 0.5) is 0 Å². The van der Waals surface area contributed by atoms with E-state index in [0.717, 1.165) is 0 Å². The van der Waals surface area contributed by atoms with Crippen molar-refractivity contribution >= 4 is 28.2 Å². The van der Waals surface area contributed by atoms with Crippen LogP contribution in [-0.4, -0.2) is 57.1 Å². The molecule has 3 heterocycles. The van der Waals surface area contributed by atoms with Gasteiger partial charge in [0.05, 0.1) is 13.2 Å². The van der Waals surface area contributed by atoms with Gasteiger partial charge in [-0.15, -0.1) is 11.3 Å². The van der Waals surface area contributed by atoms with Crippen LogP contribution in [0.1, 0.15) is 10.4 Å². The van der Waals surface area contributed by atoms with Crippen LogP contribution in [0.25, 0.3) is 4.96 Å². The Kier molecular flexibility index (Phi) is 3.43. The summed E-state index contributed by atoms with van der Waals surface area (Å²) in [6.45, 7) is 0.284. The van der Waals surface area contributed by atoms with Crippen LogP contribution in [0.2, 0.25) is 0 Å². The average Bonchev–Trinajstić information content (AvgIpc) is 2.96. The van der Waals surface area contributed by atoms with E-state index in [1.807, 2.05) is 0 Å². The van der Waals surface area contributed by atoms with Crippen molar-refractivity contribution in [1.29, 1.82) is 0 Å². The first-order valence-electron chi connectivity index (χ1n) is 6.16. The molecule has 1 saturated heterocycles. The zero-order valence-electron chi connectivity index (χ0n) is 10.8. The summed E-state index contributed by atoms with van der Waals surface area (Å²) in [6, 6.07) is 0. The number of amides is 1. The lowest BCUT2D eigenvalue weighted by Crippen LogP contribution is -2.49. The van der Waals surface area contributed by atoms with E-state index in [4.69, 9.17) is 9.84 Å². The molecule has 8 nitrogen and oxygen atoms in total. The predicted molar refractivity (Wildman–Crippen MR) is 72.6 cm³/mol. The second-order valence-corrected chi connectivity index (χ2v) is 5.35. The standard InChI is InChI=1S/C12H11N3O5S/c16-9(14-1-3-20-8(6-14)11(18)19)7-5-13-12-15(10(7)17)2-4-21-12/h2,4-5,8H,1,3,6H2,(H,18,19). The van der Waals surface area contributed by atoms with E-state index in [2.05, 4.69) is 4.98 Å². The first-order chi connectivity index (χ1) is 10.1. The molecule has 0 aromatic carbocycles. The van der Waals surface area contributed by atoms with Crippen molar-refractivity contribution in [2.24, 2.45) is 0 Å². The summed E-state index contributed by atoms with van der Waals surface area (Å²) in [4.78, 5) is 41.4. The molecule has 1 aliphatic rings. The number of hydrogen-bond acceptors (Lipinski definition) is 6.